The molecule has 184 valence electrons. The Hall–Kier alpha value is -2.82. The molecule has 0 heterocycles. The fraction of sp³-hybridized carbons (Fsp3) is 0.310. The van der Waals surface area contributed by atoms with Gasteiger partial charge in [0.25, 0.3) is 0 Å². The summed E-state index contributed by atoms with van der Waals surface area (Å²) in [6, 6.07) is 22.1. The summed E-state index contributed by atoms with van der Waals surface area (Å²) in [6.45, 7) is 6.73. The Labute approximate surface area is 218 Å². The van der Waals surface area contributed by atoms with E-state index in [1.807, 2.05) is 75.4 Å². The fourth-order valence-corrected chi connectivity index (χ4v) is 4.45. The van der Waals surface area contributed by atoms with Crippen molar-refractivity contribution in [2.24, 2.45) is 5.92 Å². The van der Waals surface area contributed by atoms with Crippen molar-refractivity contribution in [3.05, 3.63) is 105 Å². The summed E-state index contributed by atoms with van der Waals surface area (Å²) in [5, 5.41) is 3.96. The first-order valence-corrected chi connectivity index (χ1v) is 12.6. The molecule has 0 unspecified atom stereocenters. The lowest BCUT2D eigenvalue weighted by Crippen LogP contribution is -2.51. The van der Waals surface area contributed by atoms with Crippen LogP contribution in [-0.4, -0.2) is 29.3 Å². The average Bonchev–Trinajstić information content (AvgIpc) is 2.82. The number of hydrogen-bond acceptors (Lipinski definition) is 2. The zero-order valence-corrected chi connectivity index (χ0v) is 21.9. The van der Waals surface area contributed by atoms with Crippen molar-refractivity contribution >= 4 is 35.0 Å². The Bertz CT molecular complexity index is 1130. The van der Waals surface area contributed by atoms with E-state index in [0.717, 1.165) is 16.7 Å². The molecule has 1 N–H and O–H groups in total. The maximum Gasteiger partial charge on any atom is 0.243 e. The summed E-state index contributed by atoms with van der Waals surface area (Å²) in [7, 11) is 0. The van der Waals surface area contributed by atoms with Gasteiger partial charge in [0.1, 0.15) is 6.04 Å². The highest BCUT2D eigenvalue weighted by atomic mass is 35.5. The molecule has 35 heavy (non-hydrogen) atoms. The van der Waals surface area contributed by atoms with Gasteiger partial charge in [-0.25, -0.2) is 0 Å². The highest BCUT2D eigenvalue weighted by molar-refractivity contribution is 6.36. The molecule has 0 aliphatic heterocycles. The molecule has 0 saturated heterocycles. The first-order chi connectivity index (χ1) is 16.7. The number of halogens is 2. The molecular formula is C29H32Cl2N2O2. The number of nitrogens with one attached hydrogen (secondary N) is 1. The van der Waals surface area contributed by atoms with E-state index in [4.69, 9.17) is 23.2 Å². The number of rotatable bonds is 10. The molecule has 3 aromatic carbocycles. The standard InChI is InChI=1S/C29H32Cl2N2O2/c1-20(2)18-32-29(35)27(16-22-10-5-4-6-11-22)33(19-24-25(30)13-8-14-26(24)31)28(34)17-23-12-7-9-21(3)15-23/h4-15,20,27H,16-19H2,1-3H3,(H,32,35)/t27-/m0/s1. The van der Waals surface area contributed by atoms with Crippen LogP contribution in [0.3, 0.4) is 0 Å². The van der Waals surface area contributed by atoms with Gasteiger partial charge >= 0.3 is 0 Å². The molecule has 0 aliphatic carbocycles. The molecule has 0 aromatic heterocycles. The Kier molecular flexibility index (Phi) is 9.76. The predicted octanol–water partition coefficient (Wildman–Crippen LogP) is 6.26. The third kappa shape index (κ3) is 7.84. The molecular weight excluding hydrogens is 479 g/mol. The third-order valence-electron chi connectivity index (χ3n) is 5.78. The van der Waals surface area contributed by atoms with E-state index < -0.39 is 6.04 Å². The van der Waals surface area contributed by atoms with Gasteiger partial charge in [-0.1, -0.05) is 103 Å². The minimum absolute atomic E-state index is 0.135. The lowest BCUT2D eigenvalue weighted by Gasteiger charge is -2.32. The maximum absolute atomic E-state index is 13.8. The van der Waals surface area contributed by atoms with Crippen molar-refractivity contribution in [1.29, 1.82) is 0 Å². The largest absolute Gasteiger partial charge is 0.354 e. The van der Waals surface area contributed by atoms with Gasteiger partial charge in [0.2, 0.25) is 11.8 Å². The van der Waals surface area contributed by atoms with Gasteiger partial charge in [0.15, 0.2) is 0 Å². The fourth-order valence-electron chi connectivity index (χ4n) is 3.93. The van der Waals surface area contributed by atoms with Crippen LogP contribution < -0.4 is 5.32 Å². The SMILES string of the molecule is Cc1cccc(CC(=O)N(Cc2c(Cl)cccc2Cl)[C@@H](Cc2ccccc2)C(=O)NCC(C)C)c1. The highest BCUT2D eigenvalue weighted by Gasteiger charge is 2.31. The zero-order chi connectivity index (χ0) is 25.4. The molecule has 0 fully saturated rings. The van der Waals surface area contributed by atoms with Crippen molar-refractivity contribution in [3.63, 3.8) is 0 Å². The van der Waals surface area contributed by atoms with Crippen LogP contribution >= 0.6 is 23.2 Å². The summed E-state index contributed by atoms with van der Waals surface area (Å²) in [5.41, 5.74) is 3.57. The molecule has 0 spiro atoms. The van der Waals surface area contributed by atoms with E-state index in [-0.39, 0.29) is 30.7 Å². The summed E-state index contributed by atoms with van der Waals surface area (Å²) in [6.07, 6.45) is 0.554. The van der Waals surface area contributed by atoms with Crippen molar-refractivity contribution < 1.29 is 9.59 Å². The molecule has 0 radical (unpaired) electrons. The summed E-state index contributed by atoms with van der Waals surface area (Å²) >= 11 is 13.0. The Balaban J connectivity index is 2.01. The molecule has 0 aliphatic rings. The smallest absolute Gasteiger partial charge is 0.243 e. The van der Waals surface area contributed by atoms with Crippen LogP contribution in [0.5, 0.6) is 0 Å². The minimum atomic E-state index is -0.721. The number of carbonyl (C=O) groups is 2. The highest BCUT2D eigenvalue weighted by Crippen LogP contribution is 2.27. The number of aryl methyl sites for hydroxylation is 1. The predicted molar refractivity (Wildman–Crippen MR) is 144 cm³/mol. The van der Waals surface area contributed by atoms with E-state index in [1.54, 1.807) is 23.1 Å². The molecule has 3 rings (SSSR count). The number of nitrogens with zero attached hydrogens (tertiary/aromatic N) is 1. The Morgan fingerprint density at radius 3 is 2.14 bits per heavy atom. The van der Waals surface area contributed by atoms with Crippen LogP contribution in [0.25, 0.3) is 0 Å². The van der Waals surface area contributed by atoms with Gasteiger partial charge in [-0.2, -0.15) is 0 Å². The van der Waals surface area contributed by atoms with Gasteiger partial charge in [-0.15, -0.1) is 0 Å². The van der Waals surface area contributed by atoms with E-state index in [9.17, 15) is 9.59 Å². The van der Waals surface area contributed by atoms with E-state index in [2.05, 4.69) is 5.32 Å². The topological polar surface area (TPSA) is 49.4 Å². The van der Waals surface area contributed by atoms with E-state index >= 15 is 0 Å². The number of amides is 2. The van der Waals surface area contributed by atoms with Crippen molar-refractivity contribution in [1.82, 2.24) is 10.2 Å². The van der Waals surface area contributed by atoms with Gasteiger partial charge in [0.05, 0.1) is 6.42 Å². The van der Waals surface area contributed by atoms with Crippen LogP contribution in [0.4, 0.5) is 0 Å². The van der Waals surface area contributed by atoms with Gasteiger partial charge in [-0.3, -0.25) is 9.59 Å². The summed E-state index contributed by atoms with van der Waals surface area (Å²) in [4.78, 5) is 28.9. The van der Waals surface area contributed by atoms with Crippen molar-refractivity contribution in [2.75, 3.05) is 6.54 Å². The first-order valence-electron chi connectivity index (χ1n) is 11.8. The van der Waals surface area contributed by atoms with Crippen LogP contribution in [-0.2, 0) is 29.0 Å². The minimum Gasteiger partial charge on any atom is -0.354 e. The second-order valence-corrected chi connectivity index (χ2v) is 10.0. The monoisotopic (exact) mass is 510 g/mol. The van der Waals surface area contributed by atoms with Crippen LogP contribution in [0.15, 0.2) is 72.8 Å². The molecule has 4 nitrogen and oxygen atoms in total. The quantitative estimate of drug-likeness (QED) is 0.350. The Morgan fingerprint density at radius 1 is 0.886 bits per heavy atom. The molecule has 0 saturated carbocycles. The normalized spacial score (nSPS) is 11.8. The summed E-state index contributed by atoms with van der Waals surface area (Å²) < 4.78 is 0. The van der Waals surface area contributed by atoms with Crippen molar-refractivity contribution in [3.8, 4) is 0 Å². The van der Waals surface area contributed by atoms with Crippen molar-refractivity contribution in [2.45, 2.75) is 46.2 Å². The van der Waals surface area contributed by atoms with Gasteiger partial charge in [-0.05, 0) is 36.1 Å². The number of hydrogen-bond donors (Lipinski definition) is 1. The molecule has 2 amide bonds. The van der Waals surface area contributed by atoms with Crippen LogP contribution in [0.2, 0.25) is 10.0 Å². The second kappa shape index (κ2) is 12.8. The zero-order valence-electron chi connectivity index (χ0n) is 20.4. The molecule has 3 aromatic rings. The molecule has 1 atom stereocenters. The van der Waals surface area contributed by atoms with Crippen LogP contribution in [0, 0.1) is 12.8 Å². The van der Waals surface area contributed by atoms with Crippen LogP contribution in [0.1, 0.15) is 36.1 Å². The average molecular weight is 511 g/mol. The second-order valence-electron chi connectivity index (χ2n) is 9.23. The van der Waals surface area contributed by atoms with E-state index in [0.29, 0.717) is 28.6 Å². The summed E-state index contributed by atoms with van der Waals surface area (Å²) in [5.74, 6) is -0.0682. The molecule has 6 heteroatoms. The third-order valence-corrected chi connectivity index (χ3v) is 6.49. The van der Waals surface area contributed by atoms with Gasteiger partial charge < -0.3 is 10.2 Å². The maximum atomic E-state index is 13.8. The number of benzene rings is 3. The Morgan fingerprint density at radius 2 is 1.51 bits per heavy atom. The van der Waals surface area contributed by atoms with Gasteiger partial charge in [0, 0.05) is 35.1 Å². The number of carbonyl (C=O) groups excluding carboxylic acids is 2. The lowest BCUT2D eigenvalue weighted by atomic mass is 10.0. The first kappa shape index (κ1) is 26.8. The lowest BCUT2D eigenvalue weighted by molar-refractivity contribution is -0.140. The van der Waals surface area contributed by atoms with E-state index in [1.165, 1.54) is 0 Å². The molecule has 0 bridgehead atoms.